The minimum Gasteiger partial charge on any atom is -0.458 e. The number of hydrogen-bond donors (Lipinski definition) is 1. The Labute approximate surface area is 144 Å². The molecule has 1 rings (SSSR count). The van der Waals surface area contributed by atoms with Crippen molar-refractivity contribution in [3.05, 3.63) is 11.8 Å². The molecule has 6 heteroatoms. The normalized spacial score (nSPS) is 22.0. The summed E-state index contributed by atoms with van der Waals surface area (Å²) >= 11 is 0. The zero-order chi connectivity index (χ0) is 18.7. The number of rotatable bonds is 3. The Morgan fingerprint density at radius 2 is 1.71 bits per heavy atom. The van der Waals surface area contributed by atoms with Crippen LogP contribution < -0.4 is 0 Å². The first-order valence-corrected chi connectivity index (χ1v) is 8.48. The van der Waals surface area contributed by atoms with Crippen molar-refractivity contribution in [3.63, 3.8) is 0 Å². The Bertz CT molecular complexity index is 499. The summed E-state index contributed by atoms with van der Waals surface area (Å²) in [4.78, 5) is 26.6. The number of nitrogens with zero attached hydrogens (tertiary/aromatic N) is 1. The average Bonchev–Trinajstić information content (AvgIpc) is 2.33. The fourth-order valence-corrected chi connectivity index (χ4v) is 2.49. The molecular formula is C18H31NO5. The summed E-state index contributed by atoms with van der Waals surface area (Å²) in [5.74, 6) is -0.533. The quantitative estimate of drug-likeness (QED) is 0.796. The Balaban J connectivity index is 3.15. The van der Waals surface area contributed by atoms with Crippen molar-refractivity contribution in [1.82, 2.24) is 4.90 Å². The van der Waals surface area contributed by atoms with Crippen LogP contribution in [0.2, 0.25) is 0 Å². The summed E-state index contributed by atoms with van der Waals surface area (Å²) in [6.45, 7) is 12.6. The van der Waals surface area contributed by atoms with Gasteiger partial charge in [-0.15, -0.1) is 0 Å². The van der Waals surface area contributed by atoms with E-state index in [1.807, 2.05) is 6.92 Å². The summed E-state index contributed by atoms with van der Waals surface area (Å²) < 4.78 is 10.9. The van der Waals surface area contributed by atoms with Crippen LogP contribution in [0.5, 0.6) is 0 Å². The molecule has 24 heavy (non-hydrogen) atoms. The highest BCUT2D eigenvalue weighted by Crippen LogP contribution is 2.29. The molecule has 0 spiro atoms. The molecule has 0 saturated carbocycles. The van der Waals surface area contributed by atoms with Gasteiger partial charge in [-0.05, 0) is 54.0 Å². The highest BCUT2D eigenvalue weighted by atomic mass is 16.6. The molecule has 6 nitrogen and oxygen atoms in total. The van der Waals surface area contributed by atoms with Crippen molar-refractivity contribution >= 4 is 12.1 Å². The molecule has 0 aliphatic carbocycles. The smallest absolute Gasteiger partial charge is 0.415 e. The first-order valence-electron chi connectivity index (χ1n) is 8.48. The predicted molar refractivity (Wildman–Crippen MR) is 91.3 cm³/mol. The van der Waals surface area contributed by atoms with Crippen LogP contribution in [0.4, 0.5) is 4.79 Å². The molecule has 1 aliphatic rings. The fraction of sp³-hybridized carbons (Fsp3) is 0.778. The summed E-state index contributed by atoms with van der Waals surface area (Å²) in [6, 6.07) is -0.888. The molecule has 1 amide bonds. The maximum Gasteiger partial charge on any atom is 0.415 e. The second-order valence-electron chi connectivity index (χ2n) is 8.11. The number of amides is 1. The average molecular weight is 341 g/mol. The highest BCUT2D eigenvalue weighted by Gasteiger charge is 2.41. The molecule has 0 aromatic carbocycles. The maximum atomic E-state index is 12.7. The molecule has 0 radical (unpaired) electrons. The summed E-state index contributed by atoms with van der Waals surface area (Å²) in [5, 5.41) is 10.1. The number of carbonyl (C=O) groups excluding carboxylic acids is 2. The molecular weight excluding hydrogens is 310 g/mol. The van der Waals surface area contributed by atoms with Crippen LogP contribution in [0.15, 0.2) is 11.8 Å². The Hall–Kier alpha value is -1.56. The van der Waals surface area contributed by atoms with Crippen molar-refractivity contribution in [2.75, 3.05) is 0 Å². The number of aliphatic hydroxyl groups excluding tert-OH is 1. The standard InChI is InChI=1S/C18H31NO5/c1-8-9-12-10-13(20)11-14(15(21)23-17(2,3)4)19(12)16(22)24-18(5,6)7/h10,13-14,20H,8-9,11H2,1-7H3/t13-,14+/m1/s1. The number of ether oxygens (including phenoxy) is 2. The Morgan fingerprint density at radius 3 is 2.17 bits per heavy atom. The van der Waals surface area contributed by atoms with Gasteiger partial charge in [0.25, 0.3) is 0 Å². The Kier molecular flexibility index (Phi) is 6.45. The lowest BCUT2D eigenvalue weighted by molar-refractivity contribution is -0.162. The number of hydrogen-bond acceptors (Lipinski definition) is 5. The monoisotopic (exact) mass is 341 g/mol. The van der Waals surface area contributed by atoms with Gasteiger partial charge in [0, 0.05) is 12.1 Å². The van der Waals surface area contributed by atoms with E-state index in [1.165, 1.54) is 4.90 Å². The maximum absolute atomic E-state index is 12.7. The van der Waals surface area contributed by atoms with E-state index in [1.54, 1.807) is 47.6 Å². The van der Waals surface area contributed by atoms with E-state index in [2.05, 4.69) is 0 Å². The van der Waals surface area contributed by atoms with E-state index >= 15 is 0 Å². The lowest BCUT2D eigenvalue weighted by Crippen LogP contribution is -2.52. The van der Waals surface area contributed by atoms with Crippen molar-refractivity contribution in [3.8, 4) is 0 Å². The zero-order valence-corrected chi connectivity index (χ0v) is 15.9. The molecule has 0 saturated heterocycles. The van der Waals surface area contributed by atoms with Crippen LogP contribution >= 0.6 is 0 Å². The van der Waals surface area contributed by atoms with Gasteiger partial charge in [-0.3, -0.25) is 4.90 Å². The first kappa shape index (κ1) is 20.5. The van der Waals surface area contributed by atoms with Crippen LogP contribution in [0.3, 0.4) is 0 Å². The topological polar surface area (TPSA) is 76.1 Å². The zero-order valence-electron chi connectivity index (χ0n) is 15.9. The third-order valence-electron chi connectivity index (χ3n) is 3.25. The van der Waals surface area contributed by atoms with Gasteiger partial charge in [-0.2, -0.15) is 0 Å². The van der Waals surface area contributed by atoms with Gasteiger partial charge in [-0.25, -0.2) is 9.59 Å². The third kappa shape index (κ3) is 6.15. The predicted octanol–water partition coefficient (Wildman–Crippen LogP) is 3.38. The van der Waals surface area contributed by atoms with Crippen molar-refractivity contribution < 1.29 is 24.2 Å². The van der Waals surface area contributed by atoms with Gasteiger partial charge in [0.1, 0.15) is 17.2 Å². The lowest BCUT2D eigenvalue weighted by Gasteiger charge is -2.38. The van der Waals surface area contributed by atoms with Crippen LogP contribution in [0, 0.1) is 0 Å². The number of aliphatic hydroxyl groups is 1. The molecule has 138 valence electrons. The third-order valence-corrected chi connectivity index (χ3v) is 3.25. The highest BCUT2D eigenvalue weighted by molar-refractivity contribution is 5.83. The second kappa shape index (κ2) is 7.55. The van der Waals surface area contributed by atoms with Gasteiger partial charge in [-0.1, -0.05) is 13.3 Å². The molecule has 0 bridgehead atoms. The molecule has 0 unspecified atom stereocenters. The summed E-state index contributed by atoms with van der Waals surface area (Å²) in [7, 11) is 0. The minimum absolute atomic E-state index is 0.0986. The van der Waals surface area contributed by atoms with Gasteiger partial charge in [0.15, 0.2) is 0 Å². The number of esters is 1. The van der Waals surface area contributed by atoms with Crippen molar-refractivity contribution in [2.24, 2.45) is 0 Å². The fourth-order valence-electron chi connectivity index (χ4n) is 2.49. The van der Waals surface area contributed by atoms with Gasteiger partial charge >= 0.3 is 12.1 Å². The van der Waals surface area contributed by atoms with E-state index < -0.39 is 35.4 Å². The number of carbonyl (C=O) groups is 2. The molecule has 2 atom stereocenters. The Morgan fingerprint density at radius 1 is 1.17 bits per heavy atom. The molecule has 0 fully saturated rings. The van der Waals surface area contributed by atoms with Crippen LogP contribution in [-0.4, -0.2) is 45.4 Å². The van der Waals surface area contributed by atoms with E-state index in [9.17, 15) is 14.7 Å². The van der Waals surface area contributed by atoms with Crippen LogP contribution in [-0.2, 0) is 14.3 Å². The molecule has 0 aromatic heterocycles. The molecule has 0 aromatic rings. The largest absolute Gasteiger partial charge is 0.458 e. The van der Waals surface area contributed by atoms with Gasteiger partial charge in [0.2, 0.25) is 0 Å². The summed E-state index contributed by atoms with van der Waals surface area (Å²) in [6.07, 6.45) is 1.68. The van der Waals surface area contributed by atoms with E-state index in [0.29, 0.717) is 12.1 Å². The molecule has 1 aliphatic heterocycles. The van der Waals surface area contributed by atoms with Crippen molar-refractivity contribution in [1.29, 1.82) is 0 Å². The van der Waals surface area contributed by atoms with E-state index in [0.717, 1.165) is 6.42 Å². The number of allylic oxidation sites excluding steroid dienone is 1. The molecule has 1 heterocycles. The second-order valence-corrected chi connectivity index (χ2v) is 8.11. The van der Waals surface area contributed by atoms with Gasteiger partial charge in [0.05, 0.1) is 6.10 Å². The van der Waals surface area contributed by atoms with Crippen LogP contribution in [0.25, 0.3) is 0 Å². The van der Waals surface area contributed by atoms with Crippen LogP contribution in [0.1, 0.15) is 67.7 Å². The first-order chi connectivity index (χ1) is 10.8. The lowest BCUT2D eigenvalue weighted by atomic mass is 9.98. The molecule has 1 N–H and O–H groups in total. The SMILES string of the molecule is CCCC1=C[C@@H](O)C[C@@H](C(=O)OC(C)(C)C)N1C(=O)OC(C)(C)C. The van der Waals surface area contributed by atoms with E-state index in [-0.39, 0.29) is 6.42 Å². The van der Waals surface area contributed by atoms with Crippen molar-refractivity contribution in [2.45, 2.75) is 91.1 Å². The van der Waals surface area contributed by atoms with E-state index in [4.69, 9.17) is 9.47 Å². The minimum atomic E-state index is -0.888. The van der Waals surface area contributed by atoms with Gasteiger partial charge < -0.3 is 14.6 Å². The summed E-state index contributed by atoms with van der Waals surface area (Å²) in [5.41, 5.74) is -0.752.